The second-order valence-corrected chi connectivity index (χ2v) is 7.90. The fourth-order valence-corrected chi connectivity index (χ4v) is 3.46. The zero-order valence-electron chi connectivity index (χ0n) is 17.5. The van der Waals surface area contributed by atoms with E-state index >= 15 is 0 Å². The standard InChI is InChI=1S/C24H26F2N2O2/c1-15(2)10-11-19-16(3)27-23(20-8-5-9-21(26)22(20)29)28(24(19)30)13-12-17-6-4-7-18(25)14-17/h4-9,14-15,29H,10-13H2,1-3H3. The third-order valence-corrected chi connectivity index (χ3v) is 5.18. The molecule has 3 aromatic rings. The van der Waals surface area contributed by atoms with Crippen LogP contribution in [0.4, 0.5) is 8.78 Å². The Balaban J connectivity index is 2.10. The van der Waals surface area contributed by atoms with Crippen molar-refractivity contribution in [1.29, 1.82) is 0 Å². The molecule has 1 N–H and O–H groups in total. The van der Waals surface area contributed by atoms with Gasteiger partial charge in [0.15, 0.2) is 11.6 Å². The van der Waals surface area contributed by atoms with Gasteiger partial charge in [-0.25, -0.2) is 13.8 Å². The molecule has 0 aliphatic heterocycles. The van der Waals surface area contributed by atoms with Crippen LogP contribution in [0.1, 0.15) is 37.1 Å². The van der Waals surface area contributed by atoms with Crippen molar-refractivity contribution in [2.45, 2.75) is 46.6 Å². The highest BCUT2D eigenvalue weighted by Crippen LogP contribution is 2.30. The third-order valence-electron chi connectivity index (χ3n) is 5.18. The Labute approximate surface area is 174 Å². The van der Waals surface area contributed by atoms with Gasteiger partial charge in [0.05, 0.1) is 5.56 Å². The minimum absolute atomic E-state index is 0.157. The summed E-state index contributed by atoms with van der Waals surface area (Å²) in [5, 5.41) is 10.2. The van der Waals surface area contributed by atoms with E-state index in [1.165, 1.54) is 28.8 Å². The third kappa shape index (κ3) is 4.75. The van der Waals surface area contributed by atoms with Gasteiger partial charge in [0.1, 0.15) is 11.6 Å². The molecule has 0 atom stereocenters. The lowest BCUT2D eigenvalue weighted by Gasteiger charge is -2.17. The van der Waals surface area contributed by atoms with Crippen LogP contribution < -0.4 is 5.56 Å². The van der Waals surface area contributed by atoms with Crippen molar-refractivity contribution in [2.24, 2.45) is 5.92 Å². The van der Waals surface area contributed by atoms with Crippen LogP contribution in [0.3, 0.4) is 0 Å². The minimum Gasteiger partial charge on any atom is -0.504 e. The Kier molecular flexibility index (Phi) is 6.65. The van der Waals surface area contributed by atoms with Crippen LogP contribution in [0.25, 0.3) is 11.4 Å². The molecule has 0 aliphatic rings. The Morgan fingerprint density at radius 1 is 1.10 bits per heavy atom. The maximum absolute atomic E-state index is 14.0. The van der Waals surface area contributed by atoms with Crippen molar-refractivity contribution in [3.63, 3.8) is 0 Å². The first-order valence-electron chi connectivity index (χ1n) is 10.1. The van der Waals surface area contributed by atoms with Crippen molar-refractivity contribution in [3.05, 3.63) is 81.3 Å². The fraction of sp³-hybridized carbons (Fsp3) is 0.333. The van der Waals surface area contributed by atoms with E-state index < -0.39 is 11.6 Å². The number of benzene rings is 2. The molecule has 30 heavy (non-hydrogen) atoms. The van der Waals surface area contributed by atoms with E-state index in [2.05, 4.69) is 18.8 Å². The van der Waals surface area contributed by atoms with E-state index in [0.29, 0.717) is 30.0 Å². The molecule has 0 spiro atoms. The van der Waals surface area contributed by atoms with Crippen LogP contribution >= 0.6 is 0 Å². The summed E-state index contributed by atoms with van der Waals surface area (Å²) in [7, 11) is 0. The number of hydrogen-bond donors (Lipinski definition) is 1. The second kappa shape index (κ2) is 9.20. The Hall–Kier alpha value is -3.02. The number of halogens is 2. The number of rotatable bonds is 7. The largest absolute Gasteiger partial charge is 0.504 e. The predicted molar refractivity (Wildman–Crippen MR) is 114 cm³/mol. The van der Waals surface area contributed by atoms with Crippen molar-refractivity contribution >= 4 is 0 Å². The number of aromatic hydroxyl groups is 1. The van der Waals surface area contributed by atoms with Gasteiger partial charge >= 0.3 is 0 Å². The maximum Gasteiger partial charge on any atom is 0.257 e. The summed E-state index contributed by atoms with van der Waals surface area (Å²) in [4.78, 5) is 17.9. The molecule has 0 unspecified atom stereocenters. The first-order chi connectivity index (χ1) is 14.3. The Morgan fingerprint density at radius 3 is 2.53 bits per heavy atom. The molecule has 0 saturated carbocycles. The highest BCUT2D eigenvalue weighted by atomic mass is 19.1. The minimum atomic E-state index is -0.778. The van der Waals surface area contributed by atoms with Gasteiger partial charge in [-0.3, -0.25) is 9.36 Å². The zero-order chi connectivity index (χ0) is 21.8. The van der Waals surface area contributed by atoms with Crippen molar-refractivity contribution in [1.82, 2.24) is 9.55 Å². The van der Waals surface area contributed by atoms with Gasteiger partial charge in [0, 0.05) is 17.8 Å². The lowest BCUT2D eigenvalue weighted by atomic mass is 10.0. The molecule has 0 amide bonds. The highest BCUT2D eigenvalue weighted by molar-refractivity contribution is 5.64. The number of aromatic nitrogens is 2. The van der Waals surface area contributed by atoms with Crippen LogP contribution in [0.2, 0.25) is 0 Å². The molecule has 6 heteroatoms. The van der Waals surface area contributed by atoms with Crippen LogP contribution in [0, 0.1) is 24.5 Å². The molecular formula is C24H26F2N2O2. The topological polar surface area (TPSA) is 55.1 Å². The molecule has 1 heterocycles. The smallest absolute Gasteiger partial charge is 0.257 e. The van der Waals surface area contributed by atoms with Gasteiger partial charge in [-0.15, -0.1) is 0 Å². The Bertz CT molecular complexity index is 1110. The summed E-state index contributed by atoms with van der Waals surface area (Å²) in [6.07, 6.45) is 1.83. The number of nitrogens with zero attached hydrogens (tertiary/aromatic N) is 2. The maximum atomic E-state index is 14.0. The summed E-state index contributed by atoms with van der Waals surface area (Å²) >= 11 is 0. The van der Waals surface area contributed by atoms with Crippen molar-refractivity contribution in [2.75, 3.05) is 0 Å². The van der Waals surface area contributed by atoms with Gasteiger partial charge in [-0.1, -0.05) is 32.0 Å². The molecule has 2 aromatic carbocycles. The Morgan fingerprint density at radius 2 is 1.83 bits per heavy atom. The van der Waals surface area contributed by atoms with Gasteiger partial charge in [-0.05, 0) is 61.9 Å². The van der Waals surface area contributed by atoms with Crippen molar-refractivity contribution in [3.8, 4) is 17.1 Å². The first kappa shape index (κ1) is 21.7. The monoisotopic (exact) mass is 412 g/mol. The van der Waals surface area contributed by atoms with Crippen LogP contribution in [0.15, 0.2) is 47.3 Å². The van der Waals surface area contributed by atoms with Gasteiger partial charge in [0.2, 0.25) is 0 Å². The van der Waals surface area contributed by atoms with Crippen LogP contribution in [0.5, 0.6) is 5.75 Å². The van der Waals surface area contributed by atoms with E-state index in [9.17, 15) is 18.7 Å². The number of phenolic OH excluding ortho intramolecular Hbond substituents is 1. The average Bonchev–Trinajstić information content (AvgIpc) is 2.69. The van der Waals surface area contributed by atoms with Gasteiger partial charge < -0.3 is 5.11 Å². The summed E-state index contributed by atoms with van der Waals surface area (Å²) in [5.74, 6) is -1.03. The normalized spacial score (nSPS) is 11.3. The quantitative estimate of drug-likeness (QED) is 0.592. The highest BCUT2D eigenvalue weighted by Gasteiger charge is 2.19. The number of phenols is 1. The summed E-state index contributed by atoms with van der Waals surface area (Å²) in [5.41, 5.74) is 1.87. The summed E-state index contributed by atoms with van der Waals surface area (Å²) in [6.45, 7) is 6.16. The zero-order valence-corrected chi connectivity index (χ0v) is 17.5. The lowest BCUT2D eigenvalue weighted by molar-refractivity contribution is 0.433. The van der Waals surface area contributed by atoms with E-state index in [1.807, 2.05) is 0 Å². The number of aryl methyl sites for hydroxylation is 2. The molecule has 158 valence electrons. The molecule has 0 bridgehead atoms. The van der Waals surface area contributed by atoms with Gasteiger partial charge in [-0.2, -0.15) is 0 Å². The summed E-state index contributed by atoms with van der Waals surface area (Å²) < 4.78 is 29.0. The molecule has 0 radical (unpaired) electrons. The van der Waals surface area contributed by atoms with Crippen molar-refractivity contribution < 1.29 is 13.9 Å². The van der Waals surface area contributed by atoms with Crippen LogP contribution in [-0.2, 0) is 19.4 Å². The predicted octanol–water partition coefficient (Wildman–Crippen LogP) is 5.03. The molecular weight excluding hydrogens is 386 g/mol. The molecule has 0 fully saturated rings. The van der Waals surface area contributed by atoms with E-state index in [-0.39, 0.29) is 29.3 Å². The number of hydrogen-bond acceptors (Lipinski definition) is 3. The first-order valence-corrected chi connectivity index (χ1v) is 10.1. The van der Waals surface area contributed by atoms with Crippen LogP contribution in [-0.4, -0.2) is 14.7 Å². The molecule has 0 saturated heterocycles. The SMILES string of the molecule is Cc1nc(-c2cccc(F)c2O)n(CCc2cccc(F)c2)c(=O)c1CCC(C)C. The lowest BCUT2D eigenvalue weighted by Crippen LogP contribution is -2.29. The molecule has 0 aliphatic carbocycles. The molecule has 3 rings (SSSR count). The second-order valence-electron chi connectivity index (χ2n) is 7.90. The van der Waals surface area contributed by atoms with E-state index in [0.717, 1.165) is 18.1 Å². The van der Waals surface area contributed by atoms with E-state index in [1.54, 1.807) is 19.1 Å². The fourth-order valence-electron chi connectivity index (χ4n) is 3.46. The average molecular weight is 412 g/mol. The van der Waals surface area contributed by atoms with E-state index in [4.69, 9.17) is 0 Å². The molecule has 1 aromatic heterocycles. The number of para-hydroxylation sites is 1. The molecule has 4 nitrogen and oxygen atoms in total. The van der Waals surface area contributed by atoms with Gasteiger partial charge in [0.25, 0.3) is 5.56 Å². The summed E-state index contributed by atoms with van der Waals surface area (Å²) in [6, 6.07) is 10.3.